The number of nitrogens with one attached hydrogen (secondary N) is 1. The molecule has 0 radical (unpaired) electrons. The van der Waals surface area contributed by atoms with Crippen LogP contribution in [0.3, 0.4) is 0 Å². The second kappa shape index (κ2) is 7.99. The summed E-state index contributed by atoms with van der Waals surface area (Å²) in [4.78, 5) is 25.6. The first-order chi connectivity index (χ1) is 13.0. The smallest absolute Gasteiger partial charge is 0.268 e. The molecule has 140 valence electrons. The number of aryl methyl sites for hydroxylation is 1. The van der Waals surface area contributed by atoms with Gasteiger partial charge in [0.05, 0.1) is 0 Å². The average molecular weight is 365 g/mol. The number of hydrogen-bond acceptors (Lipinski definition) is 4. The van der Waals surface area contributed by atoms with Crippen molar-refractivity contribution in [1.82, 2.24) is 24.6 Å². The highest BCUT2D eigenvalue weighted by Gasteiger charge is 2.16. The number of hydrogen-bond donors (Lipinski definition) is 1. The van der Waals surface area contributed by atoms with Crippen molar-refractivity contribution >= 4 is 5.91 Å². The van der Waals surface area contributed by atoms with Crippen LogP contribution in [-0.4, -0.2) is 31.8 Å². The Morgan fingerprint density at radius 3 is 2.63 bits per heavy atom. The summed E-state index contributed by atoms with van der Waals surface area (Å²) in [7, 11) is 0. The zero-order chi connectivity index (χ0) is 19.4. The van der Waals surface area contributed by atoms with E-state index in [1.165, 1.54) is 4.57 Å². The lowest BCUT2D eigenvalue weighted by Crippen LogP contribution is -2.35. The van der Waals surface area contributed by atoms with Crippen LogP contribution < -0.4 is 10.9 Å². The van der Waals surface area contributed by atoms with Crippen LogP contribution in [-0.2, 0) is 6.54 Å². The Morgan fingerprint density at radius 2 is 1.93 bits per heavy atom. The predicted molar refractivity (Wildman–Crippen MR) is 103 cm³/mol. The van der Waals surface area contributed by atoms with Crippen LogP contribution in [0, 0.1) is 6.92 Å². The fourth-order valence-corrected chi connectivity index (χ4v) is 2.86. The van der Waals surface area contributed by atoms with Crippen molar-refractivity contribution in [2.45, 2.75) is 33.2 Å². The Morgan fingerprint density at radius 1 is 1.19 bits per heavy atom. The molecule has 7 heteroatoms. The fourth-order valence-electron chi connectivity index (χ4n) is 2.86. The van der Waals surface area contributed by atoms with E-state index in [1.807, 2.05) is 24.3 Å². The van der Waals surface area contributed by atoms with E-state index in [2.05, 4.69) is 29.4 Å². The van der Waals surface area contributed by atoms with Crippen LogP contribution in [0.15, 0.2) is 54.0 Å². The molecule has 3 aromatic rings. The Labute approximate surface area is 157 Å². The van der Waals surface area contributed by atoms with Crippen molar-refractivity contribution in [3.05, 3.63) is 76.2 Å². The van der Waals surface area contributed by atoms with Gasteiger partial charge in [0.1, 0.15) is 18.2 Å². The molecule has 0 aliphatic carbocycles. The largest absolute Gasteiger partial charge is 0.350 e. The zero-order valence-corrected chi connectivity index (χ0v) is 15.7. The molecule has 7 nitrogen and oxygen atoms in total. The monoisotopic (exact) mass is 365 g/mol. The number of nitrogens with zero attached hydrogens (tertiary/aromatic N) is 4. The quantitative estimate of drug-likeness (QED) is 0.727. The molecule has 0 unspecified atom stereocenters. The van der Waals surface area contributed by atoms with Gasteiger partial charge in [0.2, 0.25) is 0 Å². The summed E-state index contributed by atoms with van der Waals surface area (Å²) in [5.74, 6) is -0.0218. The number of carbonyl (C=O) groups excluding carboxylic acids is 1. The van der Waals surface area contributed by atoms with E-state index >= 15 is 0 Å². The van der Waals surface area contributed by atoms with Crippen LogP contribution >= 0.6 is 0 Å². The van der Waals surface area contributed by atoms with Crippen molar-refractivity contribution in [3.63, 3.8) is 0 Å². The Kier molecular flexibility index (Phi) is 5.49. The number of pyridine rings is 1. The number of amides is 1. The van der Waals surface area contributed by atoms with E-state index in [9.17, 15) is 9.59 Å². The lowest BCUT2D eigenvalue weighted by Gasteiger charge is -2.13. The number of rotatable bonds is 6. The maximum atomic E-state index is 13.0. The highest BCUT2D eigenvalue weighted by atomic mass is 16.2. The van der Waals surface area contributed by atoms with E-state index in [-0.39, 0.29) is 17.0 Å². The van der Waals surface area contributed by atoms with Crippen LogP contribution in [0.4, 0.5) is 0 Å². The Bertz CT molecular complexity index is 990. The third-order valence-electron chi connectivity index (χ3n) is 4.46. The van der Waals surface area contributed by atoms with Crippen LogP contribution in [0.2, 0.25) is 0 Å². The summed E-state index contributed by atoms with van der Waals surface area (Å²) in [6.45, 7) is 6.89. The normalized spacial score (nSPS) is 11.0. The molecule has 1 aromatic carbocycles. The molecule has 27 heavy (non-hydrogen) atoms. The maximum absolute atomic E-state index is 13.0. The minimum absolute atomic E-state index is 0.163. The van der Waals surface area contributed by atoms with Crippen LogP contribution in [0.25, 0.3) is 5.69 Å². The fraction of sp³-hybridized carbons (Fsp3) is 0.300. The molecule has 0 bridgehead atoms. The topological polar surface area (TPSA) is 81.8 Å². The Balaban J connectivity index is 1.86. The molecule has 0 fully saturated rings. The standard InChI is InChI=1S/C20H23N5O2/c1-14(2)16-5-4-6-17(11-16)25-9-7-15(3)18(20(25)27)19(26)21-8-10-24-12-22-23-13-24/h4-7,9,11-14H,8,10H2,1-3H3,(H,21,26). The molecule has 0 saturated heterocycles. The van der Waals surface area contributed by atoms with Gasteiger partial charge in [0, 0.05) is 25.0 Å². The number of benzene rings is 1. The maximum Gasteiger partial charge on any atom is 0.268 e. The summed E-state index contributed by atoms with van der Waals surface area (Å²) in [6, 6.07) is 9.60. The molecule has 1 N–H and O–H groups in total. The second-order valence-corrected chi connectivity index (χ2v) is 6.75. The van der Waals surface area contributed by atoms with Crippen molar-refractivity contribution in [3.8, 4) is 5.69 Å². The number of aromatic nitrogens is 4. The van der Waals surface area contributed by atoms with E-state index < -0.39 is 0 Å². The molecule has 3 rings (SSSR count). The van der Waals surface area contributed by atoms with Crippen molar-refractivity contribution in [2.24, 2.45) is 0 Å². The third-order valence-corrected chi connectivity index (χ3v) is 4.46. The molecule has 0 saturated carbocycles. The first-order valence-corrected chi connectivity index (χ1v) is 8.90. The van der Waals surface area contributed by atoms with Crippen LogP contribution in [0.1, 0.15) is 41.3 Å². The van der Waals surface area contributed by atoms with E-state index in [0.29, 0.717) is 24.6 Å². The lowest BCUT2D eigenvalue weighted by atomic mass is 10.0. The van der Waals surface area contributed by atoms with Gasteiger partial charge >= 0.3 is 0 Å². The first-order valence-electron chi connectivity index (χ1n) is 8.90. The van der Waals surface area contributed by atoms with Crippen molar-refractivity contribution in [1.29, 1.82) is 0 Å². The van der Waals surface area contributed by atoms with Gasteiger partial charge in [-0.2, -0.15) is 0 Å². The molecule has 0 aliphatic heterocycles. The van der Waals surface area contributed by atoms with Crippen LogP contribution in [0.5, 0.6) is 0 Å². The van der Waals surface area contributed by atoms with E-state index in [0.717, 1.165) is 11.3 Å². The average Bonchev–Trinajstić information content (AvgIpc) is 3.15. The lowest BCUT2D eigenvalue weighted by molar-refractivity contribution is 0.0950. The molecule has 2 aromatic heterocycles. The summed E-state index contributed by atoms with van der Waals surface area (Å²) in [5, 5.41) is 10.2. The second-order valence-electron chi connectivity index (χ2n) is 6.75. The first kappa shape index (κ1) is 18.6. The van der Waals surface area contributed by atoms with Gasteiger partial charge in [-0.3, -0.25) is 14.2 Å². The predicted octanol–water partition coefficient (Wildman–Crippen LogP) is 2.29. The van der Waals surface area contributed by atoms with Gasteiger partial charge in [-0.25, -0.2) is 0 Å². The van der Waals surface area contributed by atoms with Gasteiger partial charge in [0.25, 0.3) is 11.5 Å². The highest BCUT2D eigenvalue weighted by molar-refractivity contribution is 5.95. The van der Waals surface area contributed by atoms with Gasteiger partial charge in [-0.15, -0.1) is 10.2 Å². The van der Waals surface area contributed by atoms with Crippen molar-refractivity contribution in [2.75, 3.05) is 6.54 Å². The summed E-state index contributed by atoms with van der Waals surface area (Å²) in [5.41, 5.74) is 2.39. The SMILES string of the molecule is Cc1ccn(-c2cccc(C(C)C)c2)c(=O)c1C(=O)NCCn1cnnc1. The zero-order valence-electron chi connectivity index (χ0n) is 15.7. The van der Waals surface area contributed by atoms with Gasteiger partial charge < -0.3 is 9.88 Å². The third kappa shape index (κ3) is 4.13. The molecule has 1 amide bonds. The van der Waals surface area contributed by atoms with Crippen molar-refractivity contribution < 1.29 is 4.79 Å². The molecule has 0 aliphatic rings. The minimum Gasteiger partial charge on any atom is -0.350 e. The van der Waals surface area contributed by atoms with E-state index in [4.69, 9.17) is 0 Å². The minimum atomic E-state index is -0.375. The van der Waals surface area contributed by atoms with Gasteiger partial charge in [0.15, 0.2) is 0 Å². The molecular formula is C20H23N5O2. The summed E-state index contributed by atoms with van der Waals surface area (Å²) >= 11 is 0. The van der Waals surface area contributed by atoms with Gasteiger partial charge in [-0.05, 0) is 42.2 Å². The van der Waals surface area contributed by atoms with Gasteiger partial charge in [-0.1, -0.05) is 26.0 Å². The molecule has 0 spiro atoms. The molecule has 2 heterocycles. The summed E-state index contributed by atoms with van der Waals surface area (Å²) in [6.07, 6.45) is 4.87. The number of carbonyl (C=O) groups is 1. The molecular weight excluding hydrogens is 342 g/mol. The molecule has 0 atom stereocenters. The highest BCUT2D eigenvalue weighted by Crippen LogP contribution is 2.17. The summed E-state index contributed by atoms with van der Waals surface area (Å²) < 4.78 is 3.28. The Hall–Kier alpha value is -3.22. The van der Waals surface area contributed by atoms with E-state index in [1.54, 1.807) is 36.4 Å².